The number of ether oxygens (including phenoxy) is 1. The molecule has 0 saturated carbocycles. The fourth-order valence-electron chi connectivity index (χ4n) is 3.05. The second-order valence-corrected chi connectivity index (χ2v) is 7.81. The van der Waals surface area contributed by atoms with Crippen molar-refractivity contribution >= 4 is 23.3 Å². The van der Waals surface area contributed by atoms with Gasteiger partial charge >= 0.3 is 5.97 Å². The summed E-state index contributed by atoms with van der Waals surface area (Å²) in [6.07, 6.45) is 0.985. The number of piperidine rings is 1. The molecule has 0 bridgehead atoms. The van der Waals surface area contributed by atoms with Crippen molar-refractivity contribution in [1.29, 1.82) is 0 Å². The molecular formula is C20H29N3O5. The number of esters is 1. The molecule has 1 aromatic carbocycles. The van der Waals surface area contributed by atoms with Crippen LogP contribution in [0.15, 0.2) is 18.2 Å². The summed E-state index contributed by atoms with van der Waals surface area (Å²) in [6, 6.07) is 4.21. The Labute approximate surface area is 165 Å². The summed E-state index contributed by atoms with van der Waals surface area (Å²) >= 11 is 0. The van der Waals surface area contributed by atoms with E-state index >= 15 is 0 Å². The number of nitrogens with one attached hydrogen (secondary N) is 1. The molecule has 0 aliphatic carbocycles. The number of carbonyl (C=O) groups excluding carboxylic acids is 2. The molecule has 1 heterocycles. The molecule has 28 heavy (non-hydrogen) atoms. The van der Waals surface area contributed by atoms with Gasteiger partial charge in [0.2, 0.25) is 0 Å². The van der Waals surface area contributed by atoms with E-state index in [1.165, 1.54) is 19.1 Å². The van der Waals surface area contributed by atoms with E-state index in [0.29, 0.717) is 18.2 Å². The van der Waals surface area contributed by atoms with E-state index in [1.54, 1.807) is 6.07 Å². The van der Waals surface area contributed by atoms with E-state index in [0.717, 1.165) is 25.9 Å². The van der Waals surface area contributed by atoms with Crippen molar-refractivity contribution in [2.75, 3.05) is 24.5 Å². The lowest BCUT2D eigenvalue weighted by Crippen LogP contribution is -2.38. The Kier molecular flexibility index (Phi) is 7.37. The van der Waals surface area contributed by atoms with Gasteiger partial charge in [-0.25, -0.2) is 4.79 Å². The lowest BCUT2D eigenvalue weighted by molar-refractivity contribution is -0.384. The monoisotopic (exact) mass is 391 g/mol. The van der Waals surface area contributed by atoms with Crippen molar-refractivity contribution < 1.29 is 19.2 Å². The average molecular weight is 391 g/mol. The van der Waals surface area contributed by atoms with Gasteiger partial charge in [0.05, 0.1) is 16.2 Å². The smallest absolute Gasteiger partial charge is 0.341 e. The van der Waals surface area contributed by atoms with Gasteiger partial charge in [0.15, 0.2) is 6.10 Å². The summed E-state index contributed by atoms with van der Waals surface area (Å²) in [4.78, 5) is 37.5. The number of anilines is 1. The first-order valence-corrected chi connectivity index (χ1v) is 9.71. The van der Waals surface area contributed by atoms with Crippen LogP contribution in [0.3, 0.4) is 0 Å². The number of rotatable bonds is 7. The fraction of sp³-hybridized carbons (Fsp3) is 0.600. The van der Waals surface area contributed by atoms with Crippen molar-refractivity contribution in [1.82, 2.24) is 5.32 Å². The van der Waals surface area contributed by atoms with Crippen LogP contribution in [0.4, 0.5) is 11.4 Å². The second-order valence-electron chi connectivity index (χ2n) is 7.81. The number of amides is 1. The predicted octanol–water partition coefficient (Wildman–Crippen LogP) is 3.15. The summed E-state index contributed by atoms with van der Waals surface area (Å²) in [5, 5.41) is 13.9. The molecule has 0 unspecified atom stereocenters. The second kappa shape index (κ2) is 9.52. The van der Waals surface area contributed by atoms with Crippen LogP contribution in [0, 0.1) is 22.0 Å². The molecule has 8 nitrogen and oxygen atoms in total. The lowest BCUT2D eigenvalue weighted by atomic mass is 9.98. The third kappa shape index (κ3) is 5.68. The van der Waals surface area contributed by atoms with E-state index in [2.05, 4.69) is 12.2 Å². The quantitative estimate of drug-likeness (QED) is 0.435. The molecule has 1 saturated heterocycles. The Morgan fingerprint density at radius 2 is 1.93 bits per heavy atom. The van der Waals surface area contributed by atoms with Crippen LogP contribution in [0.5, 0.6) is 0 Å². The standard InChI is InChI=1S/C20H29N3O5/c1-13(2)12-21-19(24)15(4)28-20(25)17-11-16(23(26)27)5-6-18(17)22-9-7-14(3)8-10-22/h5-6,11,13-15H,7-10,12H2,1-4H3,(H,21,24)/t15-/m0/s1. The van der Waals surface area contributed by atoms with Gasteiger partial charge in [0.25, 0.3) is 11.6 Å². The summed E-state index contributed by atoms with van der Waals surface area (Å²) in [5.41, 5.74) is 0.544. The van der Waals surface area contributed by atoms with E-state index in [9.17, 15) is 19.7 Å². The molecule has 1 aliphatic heterocycles. The van der Waals surface area contributed by atoms with E-state index in [-0.39, 0.29) is 23.1 Å². The highest BCUT2D eigenvalue weighted by molar-refractivity contribution is 5.98. The number of hydrogen-bond acceptors (Lipinski definition) is 6. The van der Waals surface area contributed by atoms with Gasteiger partial charge < -0.3 is 15.0 Å². The van der Waals surface area contributed by atoms with Crippen LogP contribution in [0.25, 0.3) is 0 Å². The Morgan fingerprint density at radius 3 is 2.50 bits per heavy atom. The zero-order chi connectivity index (χ0) is 20.8. The Bertz CT molecular complexity index is 727. The van der Waals surface area contributed by atoms with Crippen LogP contribution < -0.4 is 10.2 Å². The first-order chi connectivity index (χ1) is 13.2. The number of nitro benzene ring substituents is 1. The first kappa shape index (κ1) is 21.7. The largest absolute Gasteiger partial charge is 0.449 e. The van der Waals surface area contributed by atoms with Gasteiger partial charge in [-0.05, 0) is 37.7 Å². The minimum Gasteiger partial charge on any atom is -0.449 e. The molecule has 0 aromatic heterocycles. The van der Waals surface area contributed by atoms with Gasteiger partial charge in [-0.3, -0.25) is 14.9 Å². The summed E-state index contributed by atoms with van der Waals surface area (Å²) < 4.78 is 5.32. The van der Waals surface area contributed by atoms with E-state index < -0.39 is 17.0 Å². The van der Waals surface area contributed by atoms with Gasteiger partial charge in [-0.2, -0.15) is 0 Å². The Morgan fingerprint density at radius 1 is 1.29 bits per heavy atom. The minimum absolute atomic E-state index is 0.118. The fourth-order valence-corrected chi connectivity index (χ4v) is 3.05. The number of carbonyl (C=O) groups is 2. The topological polar surface area (TPSA) is 102 Å². The maximum Gasteiger partial charge on any atom is 0.341 e. The molecule has 154 valence electrons. The molecule has 1 aromatic rings. The van der Waals surface area contributed by atoms with E-state index in [1.807, 2.05) is 18.7 Å². The summed E-state index contributed by atoms with van der Waals surface area (Å²) in [7, 11) is 0. The molecule has 0 radical (unpaired) electrons. The summed E-state index contributed by atoms with van der Waals surface area (Å²) in [5.74, 6) is -0.239. The molecule has 1 amide bonds. The van der Waals surface area contributed by atoms with Gasteiger partial charge in [-0.15, -0.1) is 0 Å². The number of benzene rings is 1. The van der Waals surface area contributed by atoms with Crippen molar-refractivity contribution in [3.8, 4) is 0 Å². The molecule has 8 heteroatoms. The SMILES string of the molecule is CC(C)CNC(=O)[C@H](C)OC(=O)c1cc([N+](=O)[O-])ccc1N1CCC(C)CC1. The molecule has 1 atom stereocenters. The van der Waals surface area contributed by atoms with Gasteiger partial charge in [0.1, 0.15) is 0 Å². The molecule has 0 spiro atoms. The van der Waals surface area contributed by atoms with Crippen molar-refractivity contribution in [2.24, 2.45) is 11.8 Å². The van der Waals surface area contributed by atoms with Crippen LogP contribution in [-0.4, -0.2) is 42.5 Å². The lowest BCUT2D eigenvalue weighted by Gasteiger charge is -2.33. The molecule has 2 rings (SSSR count). The van der Waals surface area contributed by atoms with Gasteiger partial charge in [-0.1, -0.05) is 20.8 Å². The van der Waals surface area contributed by atoms with Crippen molar-refractivity contribution in [2.45, 2.75) is 46.6 Å². The molecular weight excluding hydrogens is 362 g/mol. The zero-order valence-electron chi connectivity index (χ0n) is 16.9. The maximum atomic E-state index is 12.7. The minimum atomic E-state index is -0.986. The molecule has 1 fully saturated rings. The van der Waals surface area contributed by atoms with Crippen LogP contribution in [0.2, 0.25) is 0 Å². The highest BCUT2D eigenvalue weighted by Crippen LogP contribution is 2.30. The highest BCUT2D eigenvalue weighted by atomic mass is 16.6. The van der Waals surface area contributed by atoms with Crippen LogP contribution in [-0.2, 0) is 9.53 Å². The molecule has 1 N–H and O–H groups in total. The zero-order valence-corrected chi connectivity index (χ0v) is 16.9. The van der Waals surface area contributed by atoms with Crippen molar-refractivity contribution in [3.63, 3.8) is 0 Å². The average Bonchev–Trinajstić information content (AvgIpc) is 2.66. The normalized spacial score (nSPS) is 16.0. The number of nitro groups is 1. The Balaban J connectivity index is 2.20. The third-order valence-corrected chi connectivity index (χ3v) is 4.87. The highest BCUT2D eigenvalue weighted by Gasteiger charge is 2.26. The van der Waals surface area contributed by atoms with Crippen LogP contribution >= 0.6 is 0 Å². The van der Waals surface area contributed by atoms with Gasteiger partial charge in [0, 0.05) is 31.8 Å². The number of nitrogens with zero attached hydrogens (tertiary/aromatic N) is 2. The third-order valence-electron chi connectivity index (χ3n) is 4.87. The van der Waals surface area contributed by atoms with E-state index in [4.69, 9.17) is 4.74 Å². The summed E-state index contributed by atoms with van der Waals surface area (Å²) in [6.45, 7) is 9.62. The Hall–Kier alpha value is -2.64. The number of non-ortho nitro benzene ring substituents is 1. The predicted molar refractivity (Wildman–Crippen MR) is 106 cm³/mol. The molecule has 1 aliphatic rings. The van der Waals surface area contributed by atoms with Crippen molar-refractivity contribution in [3.05, 3.63) is 33.9 Å². The maximum absolute atomic E-state index is 12.7. The van der Waals surface area contributed by atoms with Crippen LogP contribution in [0.1, 0.15) is 50.9 Å². The first-order valence-electron chi connectivity index (χ1n) is 9.71. The number of hydrogen-bond donors (Lipinski definition) is 1.